The Morgan fingerprint density at radius 3 is 2.83 bits per heavy atom. The Morgan fingerprint density at radius 1 is 1.29 bits per heavy atom. The summed E-state index contributed by atoms with van der Waals surface area (Å²) in [7, 11) is 1.79. The molecule has 0 aromatic carbocycles. The highest BCUT2D eigenvalue weighted by atomic mass is 16.3. The molecule has 2 N–H and O–H groups in total. The predicted molar refractivity (Wildman–Crippen MR) is 93.6 cm³/mol. The molecule has 0 radical (unpaired) electrons. The molecule has 2 aliphatic rings. The second-order valence-electron chi connectivity index (χ2n) is 6.99. The van der Waals surface area contributed by atoms with Gasteiger partial charge >= 0.3 is 0 Å². The highest BCUT2D eigenvalue weighted by Gasteiger charge is 2.39. The Morgan fingerprint density at radius 2 is 2.12 bits per heavy atom. The number of hydrogen-bond acceptors (Lipinski definition) is 3. The van der Waals surface area contributed by atoms with Crippen LogP contribution in [0.5, 0.6) is 0 Å². The third kappa shape index (κ3) is 4.10. The van der Waals surface area contributed by atoms with E-state index in [1.54, 1.807) is 13.3 Å². The molecule has 1 saturated heterocycles. The average molecular weight is 332 g/mol. The minimum atomic E-state index is -0.0564. The van der Waals surface area contributed by atoms with Crippen molar-refractivity contribution in [3.8, 4) is 0 Å². The molecule has 0 atom stereocenters. The summed E-state index contributed by atoms with van der Waals surface area (Å²) in [6.45, 7) is 2.75. The summed E-state index contributed by atoms with van der Waals surface area (Å²) in [5, 5.41) is 6.04. The molecule has 0 unspecified atom stereocenters. The van der Waals surface area contributed by atoms with Crippen molar-refractivity contribution in [2.75, 3.05) is 26.7 Å². The number of carbonyl (C=O) groups is 1. The molecule has 3 rings (SSSR count). The van der Waals surface area contributed by atoms with Crippen molar-refractivity contribution in [1.82, 2.24) is 15.5 Å². The topological polar surface area (TPSA) is 69.9 Å². The molecule has 1 amide bonds. The summed E-state index contributed by atoms with van der Waals surface area (Å²) in [6, 6.07) is 3.66. The van der Waals surface area contributed by atoms with Crippen LogP contribution in [0.3, 0.4) is 0 Å². The second-order valence-corrected chi connectivity index (χ2v) is 6.99. The minimum absolute atomic E-state index is 0.0564. The number of likely N-dealkylation sites (tertiary alicyclic amines) is 1. The van der Waals surface area contributed by atoms with Gasteiger partial charge in [-0.3, -0.25) is 9.79 Å². The SMILES string of the molecule is CN=C(NCC(=O)NCc1ccco1)N1CCC2(CCCCC2)C1. The standard InChI is InChI=1S/C18H28N4O2/c1-19-17(21-13-16(23)20-12-15-6-5-11-24-15)22-10-9-18(14-22)7-3-2-4-8-18/h5-6,11H,2-4,7-10,12-14H2,1H3,(H,19,21)(H,20,23). The zero-order chi connectivity index (χ0) is 16.8. The van der Waals surface area contributed by atoms with Crippen molar-refractivity contribution < 1.29 is 9.21 Å². The summed E-state index contributed by atoms with van der Waals surface area (Å²) in [4.78, 5) is 18.7. The van der Waals surface area contributed by atoms with Crippen LogP contribution in [0.4, 0.5) is 0 Å². The van der Waals surface area contributed by atoms with Gasteiger partial charge in [-0.05, 0) is 36.8 Å². The molecule has 2 heterocycles. The van der Waals surface area contributed by atoms with Gasteiger partial charge in [0.1, 0.15) is 5.76 Å². The Balaban J connectivity index is 1.44. The molecule has 24 heavy (non-hydrogen) atoms. The van der Waals surface area contributed by atoms with Crippen LogP contribution in [0.15, 0.2) is 27.8 Å². The lowest BCUT2D eigenvalue weighted by Crippen LogP contribution is -2.45. The van der Waals surface area contributed by atoms with Crippen LogP contribution in [-0.4, -0.2) is 43.4 Å². The first kappa shape index (κ1) is 16.9. The first-order chi connectivity index (χ1) is 11.7. The van der Waals surface area contributed by atoms with E-state index >= 15 is 0 Å². The molecule has 1 aliphatic heterocycles. The number of nitrogens with zero attached hydrogens (tertiary/aromatic N) is 2. The number of aliphatic imine (C=N–C) groups is 1. The van der Waals surface area contributed by atoms with Crippen molar-refractivity contribution in [3.05, 3.63) is 24.2 Å². The molecule has 1 aliphatic carbocycles. The monoisotopic (exact) mass is 332 g/mol. The van der Waals surface area contributed by atoms with Crippen LogP contribution >= 0.6 is 0 Å². The lowest BCUT2D eigenvalue weighted by atomic mass is 9.73. The van der Waals surface area contributed by atoms with Crippen LogP contribution < -0.4 is 10.6 Å². The van der Waals surface area contributed by atoms with E-state index < -0.39 is 0 Å². The Hall–Kier alpha value is -1.98. The number of nitrogens with one attached hydrogen (secondary N) is 2. The lowest BCUT2D eigenvalue weighted by molar-refractivity contribution is -0.120. The Labute approximate surface area is 143 Å². The molecule has 1 aromatic heterocycles. The normalized spacial score (nSPS) is 20.4. The maximum absolute atomic E-state index is 12.0. The van der Waals surface area contributed by atoms with E-state index in [4.69, 9.17) is 4.42 Å². The molecule has 6 heteroatoms. The maximum Gasteiger partial charge on any atom is 0.239 e. The molecule has 2 fully saturated rings. The predicted octanol–water partition coefficient (Wildman–Crippen LogP) is 2.13. The Kier molecular flexibility index (Phi) is 5.43. The van der Waals surface area contributed by atoms with E-state index in [2.05, 4.69) is 20.5 Å². The van der Waals surface area contributed by atoms with Gasteiger partial charge in [-0.2, -0.15) is 0 Å². The van der Waals surface area contributed by atoms with Gasteiger partial charge in [0.25, 0.3) is 0 Å². The van der Waals surface area contributed by atoms with Crippen LogP contribution in [0, 0.1) is 5.41 Å². The van der Waals surface area contributed by atoms with E-state index in [-0.39, 0.29) is 12.5 Å². The van der Waals surface area contributed by atoms with Gasteiger partial charge < -0.3 is 20.0 Å². The number of amides is 1. The van der Waals surface area contributed by atoms with Gasteiger partial charge in [-0.15, -0.1) is 0 Å². The van der Waals surface area contributed by atoms with Crippen molar-refractivity contribution in [3.63, 3.8) is 0 Å². The van der Waals surface area contributed by atoms with Crippen LogP contribution in [-0.2, 0) is 11.3 Å². The molecule has 132 valence electrons. The van der Waals surface area contributed by atoms with E-state index in [1.165, 1.54) is 38.5 Å². The van der Waals surface area contributed by atoms with Crippen LogP contribution in [0.2, 0.25) is 0 Å². The summed E-state index contributed by atoms with van der Waals surface area (Å²) in [5.41, 5.74) is 0.484. The fourth-order valence-corrected chi connectivity index (χ4v) is 3.98. The van der Waals surface area contributed by atoms with Gasteiger partial charge in [0, 0.05) is 20.1 Å². The molecule has 0 bridgehead atoms. The molecular weight excluding hydrogens is 304 g/mol. The average Bonchev–Trinajstić information content (AvgIpc) is 3.25. The van der Waals surface area contributed by atoms with Gasteiger partial charge in [0.05, 0.1) is 19.4 Å². The number of furan rings is 1. The molecule has 1 spiro atoms. The van der Waals surface area contributed by atoms with Crippen molar-refractivity contribution in [2.45, 2.75) is 45.1 Å². The summed E-state index contributed by atoms with van der Waals surface area (Å²) in [5.74, 6) is 1.54. The zero-order valence-electron chi connectivity index (χ0n) is 14.5. The zero-order valence-corrected chi connectivity index (χ0v) is 14.5. The quantitative estimate of drug-likeness (QED) is 0.654. The fourth-order valence-electron chi connectivity index (χ4n) is 3.98. The first-order valence-electron chi connectivity index (χ1n) is 8.95. The first-order valence-corrected chi connectivity index (χ1v) is 8.95. The summed E-state index contributed by atoms with van der Waals surface area (Å²) >= 11 is 0. The van der Waals surface area contributed by atoms with Gasteiger partial charge in [0.2, 0.25) is 5.91 Å². The van der Waals surface area contributed by atoms with E-state index in [1.807, 2.05) is 12.1 Å². The molecule has 1 saturated carbocycles. The van der Waals surface area contributed by atoms with Gasteiger partial charge in [-0.1, -0.05) is 19.3 Å². The third-order valence-electron chi connectivity index (χ3n) is 5.31. The molecule has 6 nitrogen and oxygen atoms in total. The van der Waals surface area contributed by atoms with E-state index in [0.29, 0.717) is 12.0 Å². The highest BCUT2D eigenvalue weighted by Crippen LogP contribution is 2.43. The lowest BCUT2D eigenvalue weighted by Gasteiger charge is -2.33. The van der Waals surface area contributed by atoms with Gasteiger partial charge in [-0.25, -0.2) is 0 Å². The second kappa shape index (κ2) is 7.73. The number of guanidine groups is 1. The van der Waals surface area contributed by atoms with E-state index in [0.717, 1.165) is 24.8 Å². The minimum Gasteiger partial charge on any atom is -0.467 e. The van der Waals surface area contributed by atoms with Crippen LogP contribution in [0.1, 0.15) is 44.3 Å². The fraction of sp³-hybridized carbons (Fsp3) is 0.667. The number of rotatable bonds is 4. The highest BCUT2D eigenvalue weighted by molar-refractivity contribution is 5.86. The van der Waals surface area contributed by atoms with Crippen molar-refractivity contribution >= 4 is 11.9 Å². The van der Waals surface area contributed by atoms with E-state index in [9.17, 15) is 4.79 Å². The van der Waals surface area contributed by atoms with Gasteiger partial charge in [0.15, 0.2) is 5.96 Å². The summed E-state index contributed by atoms with van der Waals surface area (Å²) in [6.07, 6.45) is 9.62. The summed E-state index contributed by atoms with van der Waals surface area (Å²) < 4.78 is 5.21. The maximum atomic E-state index is 12.0. The molecule has 1 aromatic rings. The number of hydrogen-bond donors (Lipinski definition) is 2. The van der Waals surface area contributed by atoms with Crippen molar-refractivity contribution in [1.29, 1.82) is 0 Å². The van der Waals surface area contributed by atoms with Crippen LogP contribution in [0.25, 0.3) is 0 Å². The smallest absolute Gasteiger partial charge is 0.239 e. The molecular formula is C18H28N4O2. The van der Waals surface area contributed by atoms with Crippen molar-refractivity contribution in [2.24, 2.45) is 10.4 Å². The largest absolute Gasteiger partial charge is 0.467 e. The number of carbonyl (C=O) groups excluding carboxylic acids is 1. The Bertz CT molecular complexity index is 562. The third-order valence-corrected chi connectivity index (χ3v) is 5.31.